The van der Waals surface area contributed by atoms with E-state index in [9.17, 15) is 4.79 Å². The lowest BCUT2D eigenvalue weighted by Crippen LogP contribution is -1.87. The summed E-state index contributed by atoms with van der Waals surface area (Å²) >= 11 is 5.61. The molecule has 1 rings (SSSR count). The number of hydrogen-bond donors (Lipinski definition) is 0. The molecule has 1 aromatic rings. The van der Waals surface area contributed by atoms with Crippen LogP contribution in [0.5, 0.6) is 0 Å². The number of hydrogen-bond acceptors (Lipinski definition) is 2. The Morgan fingerprint density at radius 1 is 1.40 bits per heavy atom. The minimum absolute atomic E-state index is 0.329. The molecule has 0 aromatic heterocycles. The van der Waals surface area contributed by atoms with Gasteiger partial charge in [0.25, 0.3) is 0 Å². The Bertz CT molecular complexity index is 331. The quantitative estimate of drug-likeness (QED) is 0.567. The largest absolute Gasteiger partial charge is 0.435 e. The van der Waals surface area contributed by atoms with Crippen LogP contribution in [0.3, 0.4) is 0 Å². The van der Waals surface area contributed by atoms with Gasteiger partial charge in [-0.15, -0.1) is 0 Å². The molecule has 0 radical (unpaired) electrons. The van der Waals surface area contributed by atoms with Crippen molar-refractivity contribution in [2.24, 2.45) is 0 Å². The Hall–Kier alpha value is -1.54. The molecule has 0 amide bonds. The van der Waals surface area contributed by atoms with Crippen molar-refractivity contribution in [3.63, 3.8) is 0 Å². The summed E-state index contributed by atoms with van der Waals surface area (Å²) in [7, 11) is 0. The van der Waals surface area contributed by atoms with Gasteiger partial charge >= 0.3 is 5.97 Å². The van der Waals surface area contributed by atoms with Gasteiger partial charge in [0.2, 0.25) is 0 Å². The third-order valence-electron chi connectivity index (χ3n) is 1.34. The van der Waals surface area contributed by atoms with Crippen LogP contribution in [0.4, 0.5) is 0 Å². The van der Waals surface area contributed by atoms with Gasteiger partial charge in [0.05, 0.1) is 6.26 Å². The molecule has 0 aliphatic heterocycles. The van der Waals surface area contributed by atoms with Crippen molar-refractivity contribution in [3.05, 3.63) is 55.3 Å². The van der Waals surface area contributed by atoms with Crippen molar-refractivity contribution in [3.8, 4) is 0 Å². The van der Waals surface area contributed by atoms with E-state index in [1.165, 1.54) is 6.92 Å². The van der Waals surface area contributed by atoms with Gasteiger partial charge in [-0.2, -0.15) is 0 Å². The predicted octanol–water partition coefficient (Wildman–Crippen LogP) is 3.59. The lowest BCUT2D eigenvalue weighted by atomic mass is 10.2. The molecule has 0 fully saturated rings. The van der Waals surface area contributed by atoms with Crippen LogP contribution in [0, 0.1) is 0 Å². The highest BCUT2D eigenvalue weighted by molar-refractivity contribution is 6.48. The Balaban J connectivity index is 0.000000288. The topological polar surface area (TPSA) is 26.3 Å². The maximum absolute atomic E-state index is 9.75. The summed E-state index contributed by atoms with van der Waals surface area (Å²) in [5.41, 5.74) is 0.985. The normalized spacial score (nSPS) is 8.13. The highest BCUT2D eigenvalue weighted by atomic mass is 35.5. The van der Waals surface area contributed by atoms with Gasteiger partial charge in [-0.25, -0.2) is 0 Å². The molecule has 0 aliphatic carbocycles. The second-order valence-electron chi connectivity index (χ2n) is 2.55. The first-order valence-corrected chi connectivity index (χ1v) is 4.63. The van der Waals surface area contributed by atoms with Gasteiger partial charge in [-0.05, 0) is 5.56 Å². The third-order valence-corrected chi connectivity index (χ3v) is 1.55. The first-order valence-electron chi connectivity index (χ1n) is 4.26. The number of rotatable bonds is 2. The number of benzene rings is 1. The molecule has 2 nitrogen and oxygen atoms in total. The van der Waals surface area contributed by atoms with Crippen molar-refractivity contribution >= 4 is 22.6 Å². The van der Waals surface area contributed by atoms with Crippen LogP contribution >= 0.6 is 11.6 Å². The first kappa shape index (κ1) is 13.5. The molecular weight excluding hydrogens is 212 g/mol. The zero-order valence-corrected chi connectivity index (χ0v) is 9.33. The van der Waals surface area contributed by atoms with E-state index < -0.39 is 0 Å². The fraction of sp³-hybridized carbons (Fsp3) is 0.0833. The molecule has 0 saturated heterocycles. The molecule has 1 aromatic carbocycles. The fourth-order valence-corrected chi connectivity index (χ4v) is 0.862. The number of carbonyl (C=O) groups excluding carboxylic acids is 1. The number of ether oxygens (including phenoxy) is 1. The average Bonchev–Trinajstić information content (AvgIpc) is 2.20. The number of esters is 1. The SMILES string of the molecule is C=C(Cl)c1ccccc1.C=COC(C)=O. The van der Waals surface area contributed by atoms with E-state index in [2.05, 4.69) is 17.9 Å². The first-order chi connectivity index (χ1) is 7.07. The maximum atomic E-state index is 9.75. The summed E-state index contributed by atoms with van der Waals surface area (Å²) in [6.45, 7) is 8.07. The molecule has 0 aliphatic rings. The maximum Gasteiger partial charge on any atom is 0.307 e. The zero-order valence-electron chi connectivity index (χ0n) is 8.57. The van der Waals surface area contributed by atoms with Crippen LogP contribution in [0.1, 0.15) is 12.5 Å². The Morgan fingerprint density at radius 2 is 1.93 bits per heavy atom. The molecule has 0 saturated carbocycles. The average molecular weight is 225 g/mol. The minimum atomic E-state index is -0.329. The summed E-state index contributed by atoms with van der Waals surface area (Å²) < 4.78 is 4.17. The van der Waals surface area contributed by atoms with Crippen LogP contribution in [0.15, 0.2) is 49.8 Å². The zero-order chi connectivity index (χ0) is 11.7. The standard InChI is InChI=1S/C8H7Cl.C4H6O2/c1-7(9)8-5-3-2-4-6-8;1-3-6-4(2)5/h2-6H,1H2;3H,1H2,2H3. The smallest absolute Gasteiger partial charge is 0.307 e. The van der Waals surface area contributed by atoms with Crippen molar-refractivity contribution in [2.45, 2.75) is 6.92 Å². The minimum Gasteiger partial charge on any atom is -0.435 e. The van der Waals surface area contributed by atoms with E-state index in [0.29, 0.717) is 5.03 Å². The molecule has 0 atom stereocenters. The summed E-state index contributed by atoms with van der Waals surface area (Å²) in [6, 6.07) is 9.67. The molecule has 0 N–H and O–H groups in total. The lowest BCUT2D eigenvalue weighted by molar-refractivity contribution is -0.135. The van der Waals surface area contributed by atoms with Gasteiger partial charge in [0.1, 0.15) is 0 Å². The summed E-state index contributed by atoms with van der Waals surface area (Å²) in [5, 5.41) is 0.593. The van der Waals surface area contributed by atoms with Crippen molar-refractivity contribution in [1.29, 1.82) is 0 Å². The van der Waals surface area contributed by atoms with Crippen LogP contribution in [-0.4, -0.2) is 5.97 Å². The monoisotopic (exact) mass is 224 g/mol. The second-order valence-corrected chi connectivity index (χ2v) is 3.00. The van der Waals surface area contributed by atoms with Gasteiger partial charge < -0.3 is 4.74 Å². The van der Waals surface area contributed by atoms with E-state index in [1.807, 2.05) is 30.3 Å². The van der Waals surface area contributed by atoms with E-state index in [-0.39, 0.29) is 5.97 Å². The van der Waals surface area contributed by atoms with Crippen LogP contribution < -0.4 is 0 Å². The Labute approximate surface area is 94.8 Å². The molecule has 0 spiro atoms. The van der Waals surface area contributed by atoms with Gasteiger partial charge in [-0.3, -0.25) is 4.79 Å². The predicted molar refractivity (Wildman–Crippen MR) is 63.3 cm³/mol. The van der Waals surface area contributed by atoms with E-state index in [1.54, 1.807) is 0 Å². The third kappa shape index (κ3) is 7.52. The van der Waals surface area contributed by atoms with Crippen molar-refractivity contribution < 1.29 is 9.53 Å². The molecule has 3 heteroatoms. The van der Waals surface area contributed by atoms with Gasteiger partial charge in [-0.1, -0.05) is 55.1 Å². The molecule has 0 bridgehead atoms. The number of carbonyl (C=O) groups is 1. The molecule has 80 valence electrons. The summed E-state index contributed by atoms with van der Waals surface area (Å²) in [6.07, 6.45) is 1.10. The second kappa shape index (κ2) is 7.83. The van der Waals surface area contributed by atoms with Crippen LogP contribution in [0.2, 0.25) is 0 Å². The molecule has 0 heterocycles. The lowest BCUT2D eigenvalue weighted by Gasteiger charge is -1.92. The Kier molecular flexibility index (Phi) is 7.02. The number of halogens is 1. The van der Waals surface area contributed by atoms with Crippen molar-refractivity contribution in [1.82, 2.24) is 0 Å². The molecule has 0 unspecified atom stereocenters. The molecular formula is C12H13ClO2. The highest BCUT2D eigenvalue weighted by Crippen LogP contribution is 2.14. The Morgan fingerprint density at radius 3 is 2.13 bits per heavy atom. The van der Waals surface area contributed by atoms with Gasteiger partial charge in [0, 0.05) is 12.0 Å². The van der Waals surface area contributed by atoms with E-state index in [4.69, 9.17) is 11.6 Å². The van der Waals surface area contributed by atoms with Gasteiger partial charge in [0.15, 0.2) is 0 Å². The van der Waals surface area contributed by atoms with E-state index in [0.717, 1.165) is 11.8 Å². The molecule has 15 heavy (non-hydrogen) atoms. The van der Waals surface area contributed by atoms with Crippen LogP contribution in [-0.2, 0) is 9.53 Å². The fourth-order valence-electron chi connectivity index (χ4n) is 0.736. The summed E-state index contributed by atoms with van der Waals surface area (Å²) in [5.74, 6) is -0.329. The summed E-state index contributed by atoms with van der Waals surface area (Å²) in [4.78, 5) is 9.75. The highest BCUT2D eigenvalue weighted by Gasteiger charge is 1.88. The van der Waals surface area contributed by atoms with Crippen molar-refractivity contribution in [2.75, 3.05) is 0 Å². The van der Waals surface area contributed by atoms with E-state index >= 15 is 0 Å². The van der Waals surface area contributed by atoms with Crippen LogP contribution in [0.25, 0.3) is 5.03 Å².